The van der Waals surface area contributed by atoms with Crippen molar-refractivity contribution in [1.82, 2.24) is 14.2 Å². The van der Waals surface area contributed by atoms with Crippen molar-refractivity contribution in [1.29, 1.82) is 0 Å². The monoisotopic (exact) mass is 171 g/mol. The Morgan fingerprint density at radius 2 is 2.00 bits per heavy atom. The summed E-state index contributed by atoms with van der Waals surface area (Å²) in [6, 6.07) is 10.2. The number of benzene rings is 1. The van der Waals surface area contributed by atoms with E-state index in [1.165, 1.54) is 0 Å². The molecule has 64 valence electrons. The lowest BCUT2D eigenvalue weighted by molar-refractivity contribution is 0.726. The third kappa shape index (κ3) is 0.758. The van der Waals surface area contributed by atoms with Crippen LogP contribution in [0.15, 0.2) is 36.5 Å². The van der Waals surface area contributed by atoms with Gasteiger partial charge in [-0.05, 0) is 12.1 Å². The van der Waals surface area contributed by atoms with Crippen LogP contribution in [0.4, 0.5) is 0 Å². The number of imidazole rings is 1. The Hall–Kier alpha value is -1.77. The summed E-state index contributed by atoms with van der Waals surface area (Å²) in [5, 5.41) is 0. The summed E-state index contributed by atoms with van der Waals surface area (Å²) >= 11 is 0. The van der Waals surface area contributed by atoms with Gasteiger partial charge in [0, 0.05) is 19.3 Å². The second kappa shape index (κ2) is 2.13. The molecule has 0 atom stereocenters. The average Bonchev–Trinajstić information content (AvgIpc) is 2.66. The number of para-hydroxylation sites is 2. The van der Waals surface area contributed by atoms with Crippen molar-refractivity contribution in [3.63, 3.8) is 0 Å². The van der Waals surface area contributed by atoms with E-state index in [9.17, 15) is 0 Å². The minimum Gasteiger partial charge on any atom is -0.290 e. The van der Waals surface area contributed by atoms with Crippen molar-refractivity contribution < 1.29 is 0 Å². The molecule has 2 heterocycles. The maximum absolute atomic E-state index is 4.48. The highest BCUT2D eigenvalue weighted by molar-refractivity contribution is 5.79. The zero-order valence-electron chi connectivity index (χ0n) is 7.31. The first-order valence-electron chi connectivity index (χ1n) is 4.25. The minimum atomic E-state index is 1.00. The van der Waals surface area contributed by atoms with E-state index in [1.807, 2.05) is 42.2 Å². The standard InChI is InChI=1S/C10H9N3/c1-12-7-6-10-11-8-4-2-3-5-9(8)13(10)12/h2-7H,1H3. The van der Waals surface area contributed by atoms with Gasteiger partial charge in [0.1, 0.15) is 0 Å². The molecule has 0 unspecified atom stereocenters. The zero-order chi connectivity index (χ0) is 8.84. The highest BCUT2D eigenvalue weighted by Crippen LogP contribution is 2.15. The maximum Gasteiger partial charge on any atom is 0.154 e. The summed E-state index contributed by atoms with van der Waals surface area (Å²) in [4.78, 5) is 4.48. The van der Waals surface area contributed by atoms with E-state index >= 15 is 0 Å². The molecule has 0 radical (unpaired) electrons. The average molecular weight is 171 g/mol. The Balaban J connectivity index is 2.66. The summed E-state index contributed by atoms with van der Waals surface area (Å²) in [7, 11) is 2.02. The van der Waals surface area contributed by atoms with E-state index in [4.69, 9.17) is 0 Å². The predicted molar refractivity (Wildman–Crippen MR) is 51.7 cm³/mol. The summed E-state index contributed by atoms with van der Waals surface area (Å²) in [6.07, 6.45) is 2.01. The van der Waals surface area contributed by atoms with Gasteiger partial charge in [0.05, 0.1) is 11.0 Å². The molecule has 3 nitrogen and oxygen atoms in total. The summed E-state index contributed by atoms with van der Waals surface area (Å²) < 4.78 is 4.12. The van der Waals surface area contributed by atoms with Crippen molar-refractivity contribution in [2.45, 2.75) is 0 Å². The fourth-order valence-corrected chi connectivity index (χ4v) is 1.71. The fourth-order valence-electron chi connectivity index (χ4n) is 1.71. The number of aromatic nitrogens is 3. The summed E-state index contributed by atoms with van der Waals surface area (Å²) in [6.45, 7) is 0. The summed E-state index contributed by atoms with van der Waals surface area (Å²) in [5.74, 6) is 0. The maximum atomic E-state index is 4.48. The van der Waals surface area contributed by atoms with Crippen LogP contribution >= 0.6 is 0 Å². The topological polar surface area (TPSA) is 22.2 Å². The van der Waals surface area contributed by atoms with Crippen LogP contribution in [0, 0.1) is 0 Å². The van der Waals surface area contributed by atoms with E-state index in [0.717, 1.165) is 16.7 Å². The van der Waals surface area contributed by atoms with Crippen LogP contribution in [0.1, 0.15) is 0 Å². The number of nitrogens with zero attached hydrogens (tertiary/aromatic N) is 3. The number of rotatable bonds is 0. The van der Waals surface area contributed by atoms with Gasteiger partial charge < -0.3 is 0 Å². The Labute approximate surface area is 75.2 Å². The number of hydrogen-bond acceptors (Lipinski definition) is 1. The third-order valence-electron chi connectivity index (χ3n) is 2.32. The van der Waals surface area contributed by atoms with Crippen LogP contribution in [-0.4, -0.2) is 14.2 Å². The molecule has 0 N–H and O–H groups in total. The van der Waals surface area contributed by atoms with Crippen LogP contribution in [0.2, 0.25) is 0 Å². The minimum absolute atomic E-state index is 1.00. The molecule has 0 bridgehead atoms. The van der Waals surface area contributed by atoms with Gasteiger partial charge in [-0.3, -0.25) is 4.68 Å². The van der Waals surface area contributed by atoms with E-state index in [1.54, 1.807) is 0 Å². The molecule has 3 aromatic rings. The fraction of sp³-hybridized carbons (Fsp3) is 0.100. The molecule has 0 saturated carbocycles. The molecule has 3 heteroatoms. The highest BCUT2D eigenvalue weighted by atomic mass is 15.4. The molecule has 3 rings (SSSR count). The first-order valence-corrected chi connectivity index (χ1v) is 4.25. The van der Waals surface area contributed by atoms with E-state index in [2.05, 4.69) is 15.6 Å². The second-order valence-corrected chi connectivity index (χ2v) is 3.16. The van der Waals surface area contributed by atoms with Crippen molar-refractivity contribution in [2.24, 2.45) is 7.05 Å². The highest BCUT2D eigenvalue weighted by Gasteiger charge is 2.04. The molecule has 0 fully saturated rings. The Morgan fingerprint density at radius 3 is 2.92 bits per heavy atom. The molecule has 0 aliphatic carbocycles. The van der Waals surface area contributed by atoms with Gasteiger partial charge >= 0.3 is 0 Å². The lowest BCUT2D eigenvalue weighted by Gasteiger charge is -1.95. The molecule has 2 aromatic heterocycles. The van der Waals surface area contributed by atoms with E-state index < -0.39 is 0 Å². The molecule has 0 aliphatic heterocycles. The van der Waals surface area contributed by atoms with Gasteiger partial charge in [-0.2, -0.15) is 0 Å². The third-order valence-corrected chi connectivity index (χ3v) is 2.32. The van der Waals surface area contributed by atoms with E-state index in [-0.39, 0.29) is 0 Å². The van der Waals surface area contributed by atoms with E-state index in [0.29, 0.717) is 0 Å². The first-order chi connectivity index (χ1) is 6.36. The normalized spacial score (nSPS) is 11.5. The van der Waals surface area contributed by atoms with Gasteiger partial charge in [0.25, 0.3) is 0 Å². The molecule has 1 aromatic carbocycles. The molecule has 0 amide bonds. The van der Waals surface area contributed by atoms with Crippen LogP contribution in [0.3, 0.4) is 0 Å². The SMILES string of the molecule is Cn1ccc2nc3ccccc3n21. The molecular formula is C10H9N3. The molecule has 0 aliphatic rings. The van der Waals surface area contributed by atoms with Gasteiger partial charge in [0.15, 0.2) is 5.65 Å². The predicted octanol–water partition coefficient (Wildman–Crippen LogP) is 1.83. The van der Waals surface area contributed by atoms with Crippen molar-refractivity contribution in [3.05, 3.63) is 36.5 Å². The van der Waals surface area contributed by atoms with Gasteiger partial charge in [0.2, 0.25) is 0 Å². The van der Waals surface area contributed by atoms with Crippen LogP contribution in [0.5, 0.6) is 0 Å². The van der Waals surface area contributed by atoms with Gasteiger partial charge in [-0.15, -0.1) is 0 Å². The zero-order valence-corrected chi connectivity index (χ0v) is 7.31. The quantitative estimate of drug-likeness (QED) is 0.505. The Morgan fingerprint density at radius 1 is 1.15 bits per heavy atom. The molecular weight excluding hydrogens is 162 g/mol. The smallest absolute Gasteiger partial charge is 0.154 e. The number of fused-ring (bicyclic) bond motifs is 3. The molecule has 0 saturated heterocycles. The number of aryl methyl sites for hydroxylation is 1. The lowest BCUT2D eigenvalue weighted by atomic mass is 10.3. The summed E-state index contributed by atoms with van der Waals surface area (Å²) in [5.41, 5.74) is 3.21. The van der Waals surface area contributed by atoms with Gasteiger partial charge in [-0.25, -0.2) is 9.50 Å². The van der Waals surface area contributed by atoms with Crippen LogP contribution < -0.4 is 0 Å². The lowest BCUT2D eigenvalue weighted by Crippen LogP contribution is -1.95. The Kier molecular flexibility index (Phi) is 1.10. The number of hydrogen-bond donors (Lipinski definition) is 0. The van der Waals surface area contributed by atoms with Crippen molar-refractivity contribution in [2.75, 3.05) is 0 Å². The van der Waals surface area contributed by atoms with Gasteiger partial charge in [-0.1, -0.05) is 12.1 Å². The first kappa shape index (κ1) is 6.71. The molecule has 13 heavy (non-hydrogen) atoms. The Bertz CT molecular complexity index is 574. The van der Waals surface area contributed by atoms with Crippen molar-refractivity contribution in [3.8, 4) is 0 Å². The largest absolute Gasteiger partial charge is 0.290 e. The van der Waals surface area contributed by atoms with Crippen LogP contribution in [0.25, 0.3) is 16.7 Å². The molecule has 0 spiro atoms. The van der Waals surface area contributed by atoms with Crippen LogP contribution in [-0.2, 0) is 7.05 Å². The second-order valence-electron chi connectivity index (χ2n) is 3.16. The van der Waals surface area contributed by atoms with Crippen molar-refractivity contribution >= 4 is 16.7 Å².